The molecule has 3 aromatic rings. The highest BCUT2D eigenvalue weighted by atomic mass is 32.1. The molecule has 0 bridgehead atoms. The average molecular weight is 438 g/mol. The van der Waals surface area contributed by atoms with E-state index in [9.17, 15) is 4.79 Å². The Morgan fingerprint density at radius 3 is 2.77 bits per heavy atom. The van der Waals surface area contributed by atoms with Crippen molar-refractivity contribution >= 4 is 34.3 Å². The fraction of sp³-hybridized carbons (Fsp3) is 0.409. The molecule has 1 aliphatic heterocycles. The fourth-order valence-corrected chi connectivity index (χ4v) is 4.59. The third kappa shape index (κ3) is 4.82. The molecule has 1 atom stereocenters. The Labute approximate surface area is 186 Å². The smallest absolute Gasteiger partial charge is 0.247 e. The first-order valence-corrected chi connectivity index (χ1v) is 11.3. The molecular weight excluding hydrogens is 410 g/mol. The lowest BCUT2D eigenvalue weighted by Crippen LogP contribution is -2.38. The number of likely N-dealkylation sites (tertiary alicyclic amines) is 1. The molecule has 1 aliphatic rings. The summed E-state index contributed by atoms with van der Waals surface area (Å²) in [4.78, 5) is 29.9. The minimum Gasteiger partial charge on any atom is -0.331 e. The van der Waals surface area contributed by atoms with Gasteiger partial charge in [0.1, 0.15) is 11.6 Å². The maximum Gasteiger partial charge on any atom is 0.247 e. The number of nitrogens with one attached hydrogen (secondary N) is 1. The lowest BCUT2D eigenvalue weighted by atomic mass is 9.98. The summed E-state index contributed by atoms with van der Waals surface area (Å²) in [5, 5.41) is 8.27. The molecule has 0 aliphatic carbocycles. The van der Waals surface area contributed by atoms with E-state index in [0.29, 0.717) is 11.6 Å². The van der Waals surface area contributed by atoms with Gasteiger partial charge < -0.3 is 10.2 Å². The van der Waals surface area contributed by atoms with Gasteiger partial charge in [-0.05, 0) is 52.2 Å². The molecular formula is C22H27N7OS. The van der Waals surface area contributed by atoms with Crippen LogP contribution < -0.4 is 5.32 Å². The van der Waals surface area contributed by atoms with Gasteiger partial charge in [0.2, 0.25) is 5.91 Å². The zero-order valence-electron chi connectivity index (χ0n) is 18.3. The van der Waals surface area contributed by atoms with Gasteiger partial charge in [-0.15, -0.1) is 11.3 Å². The molecule has 1 amide bonds. The van der Waals surface area contributed by atoms with Crippen LogP contribution in [0.4, 0.5) is 10.9 Å². The van der Waals surface area contributed by atoms with Crippen molar-refractivity contribution in [1.29, 1.82) is 0 Å². The van der Waals surface area contributed by atoms with Crippen LogP contribution in [0.5, 0.6) is 0 Å². The molecule has 0 radical (unpaired) electrons. The van der Waals surface area contributed by atoms with Crippen molar-refractivity contribution in [3.05, 3.63) is 52.2 Å². The summed E-state index contributed by atoms with van der Waals surface area (Å²) in [5.74, 6) is 1.37. The van der Waals surface area contributed by atoms with Crippen LogP contribution >= 0.6 is 11.3 Å². The third-order valence-electron chi connectivity index (χ3n) is 5.50. The van der Waals surface area contributed by atoms with Crippen molar-refractivity contribution in [1.82, 2.24) is 29.6 Å². The Morgan fingerprint density at radius 1 is 1.23 bits per heavy atom. The maximum atomic E-state index is 13.0. The normalized spacial score (nSPS) is 16.8. The minimum atomic E-state index is -0.0699. The van der Waals surface area contributed by atoms with Crippen molar-refractivity contribution in [3.63, 3.8) is 0 Å². The van der Waals surface area contributed by atoms with Crippen LogP contribution in [0.1, 0.15) is 53.1 Å². The minimum absolute atomic E-state index is 0.0113. The number of amides is 1. The Kier molecular flexibility index (Phi) is 6.13. The van der Waals surface area contributed by atoms with E-state index in [2.05, 4.69) is 32.3 Å². The molecule has 0 saturated carbocycles. The maximum absolute atomic E-state index is 13.0. The summed E-state index contributed by atoms with van der Waals surface area (Å²) in [7, 11) is 1.86. The summed E-state index contributed by atoms with van der Waals surface area (Å²) in [6, 6.07) is 3.75. The van der Waals surface area contributed by atoms with Gasteiger partial charge in [0.05, 0.1) is 23.1 Å². The highest BCUT2D eigenvalue weighted by molar-refractivity contribution is 7.15. The molecule has 1 unspecified atom stereocenters. The number of nitrogens with zero attached hydrogens (tertiary/aromatic N) is 6. The standard InChI is InChI=1S/C22H27N7OS/c1-14-15(2)31-22(24-14)27-20-13-18(25-16(3)26-20)19-7-5-6-12-29(19)21(30)9-8-17-10-11-23-28(17)4/h8-11,13,19H,5-7,12H2,1-4H3,(H,24,25,26,27). The molecule has 0 aromatic carbocycles. The van der Waals surface area contributed by atoms with Crippen LogP contribution in [-0.2, 0) is 11.8 Å². The highest BCUT2D eigenvalue weighted by Crippen LogP contribution is 2.32. The number of piperidine rings is 1. The molecule has 8 nitrogen and oxygen atoms in total. The zero-order chi connectivity index (χ0) is 22.0. The molecule has 31 heavy (non-hydrogen) atoms. The topological polar surface area (TPSA) is 88.8 Å². The number of carbonyl (C=O) groups excluding carboxylic acids is 1. The van der Waals surface area contributed by atoms with Crippen molar-refractivity contribution in [2.45, 2.75) is 46.1 Å². The van der Waals surface area contributed by atoms with Gasteiger partial charge in [0, 0.05) is 36.8 Å². The summed E-state index contributed by atoms with van der Waals surface area (Å²) in [5.41, 5.74) is 2.77. The van der Waals surface area contributed by atoms with E-state index in [1.807, 2.05) is 44.0 Å². The van der Waals surface area contributed by atoms with Gasteiger partial charge in [-0.3, -0.25) is 9.48 Å². The zero-order valence-corrected chi connectivity index (χ0v) is 19.1. The van der Waals surface area contributed by atoms with Crippen LogP contribution in [0, 0.1) is 20.8 Å². The Bertz CT molecular complexity index is 1100. The van der Waals surface area contributed by atoms with Crippen LogP contribution in [0.25, 0.3) is 6.08 Å². The summed E-state index contributed by atoms with van der Waals surface area (Å²) in [6.45, 7) is 6.65. The van der Waals surface area contributed by atoms with E-state index in [0.717, 1.165) is 48.0 Å². The molecule has 1 saturated heterocycles. The highest BCUT2D eigenvalue weighted by Gasteiger charge is 2.28. The largest absolute Gasteiger partial charge is 0.331 e. The predicted molar refractivity (Wildman–Crippen MR) is 122 cm³/mol. The van der Waals surface area contributed by atoms with Gasteiger partial charge in [0.25, 0.3) is 0 Å². The molecule has 4 rings (SSSR count). The van der Waals surface area contributed by atoms with Gasteiger partial charge >= 0.3 is 0 Å². The molecule has 1 N–H and O–H groups in total. The number of aromatic nitrogens is 5. The molecule has 3 aromatic heterocycles. The van der Waals surface area contributed by atoms with Gasteiger partial charge in [-0.1, -0.05) is 0 Å². The first-order valence-electron chi connectivity index (χ1n) is 10.4. The first kappa shape index (κ1) is 21.2. The predicted octanol–water partition coefficient (Wildman–Crippen LogP) is 4.10. The number of aryl methyl sites for hydroxylation is 4. The van der Waals surface area contributed by atoms with Gasteiger partial charge in [0.15, 0.2) is 5.13 Å². The fourth-order valence-electron chi connectivity index (χ4n) is 3.76. The van der Waals surface area contributed by atoms with E-state index >= 15 is 0 Å². The molecule has 0 spiro atoms. The second-order valence-corrected chi connectivity index (χ2v) is 8.97. The monoisotopic (exact) mass is 437 g/mol. The van der Waals surface area contributed by atoms with Crippen molar-refractivity contribution in [2.24, 2.45) is 7.05 Å². The number of carbonyl (C=O) groups is 1. The Morgan fingerprint density at radius 2 is 2.06 bits per heavy atom. The lowest BCUT2D eigenvalue weighted by molar-refractivity contribution is -0.129. The number of anilines is 2. The molecule has 4 heterocycles. The first-order chi connectivity index (χ1) is 14.9. The van der Waals surface area contributed by atoms with Gasteiger partial charge in [-0.2, -0.15) is 5.10 Å². The number of hydrogen-bond acceptors (Lipinski definition) is 7. The van der Waals surface area contributed by atoms with E-state index in [-0.39, 0.29) is 11.9 Å². The number of rotatable bonds is 5. The summed E-state index contributed by atoms with van der Waals surface area (Å²) < 4.78 is 1.74. The van der Waals surface area contributed by atoms with Crippen molar-refractivity contribution < 1.29 is 4.79 Å². The van der Waals surface area contributed by atoms with E-state index < -0.39 is 0 Å². The van der Waals surface area contributed by atoms with Crippen molar-refractivity contribution in [2.75, 3.05) is 11.9 Å². The van der Waals surface area contributed by atoms with Gasteiger partial charge in [-0.25, -0.2) is 15.0 Å². The Balaban J connectivity index is 1.57. The second-order valence-electron chi connectivity index (χ2n) is 7.77. The third-order valence-corrected chi connectivity index (χ3v) is 6.49. The number of thiazole rings is 1. The van der Waals surface area contributed by atoms with E-state index in [4.69, 9.17) is 0 Å². The van der Waals surface area contributed by atoms with Crippen LogP contribution in [-0.4, -0.2) is 42.1 Å². The number of hydrogen-bond donors (Lipinski definition) is 1. The summed E-state index contributed by atoms with van der Waals surface area (Å²) in [6.07, 6.45) is 8.11. The molecule has 162 valence electrons. The SMILES string of the molecule is Cc1nc(Nc2nc(C)c(C)s2)cc(C2CCCCN2C(=O)C=Cc2ccnn2C)n1. The van der Waals surface area contributed by atoms with E-state index in [1.54, 1.807) is 28.3 Å². The molecule has 1 fully saturated rings. The van der Waals surface area contributed by atoms with E-state index in [1.165, 1.54) is 4.88 Å². The average Bonchev–Trinajstić information content (AvgIpc) is 3.29. The van der Waals surface area contributed by atoms with Crippen LogP contribution in [0.3, 0.4) is 0 Å². The molecule has 9 heteroatoms. The lowest BCUT2D eigenvalue weighted by Gasteiger charge is -2.35. The second kappa shape index (κ2) is 8.97. The Hall–Kier alpha value is -3.07. The van der Waals surface area contributed by atoms with Crippen molar-refractivity contribution in [3.8, 4) is 0 Å². The summed E-state index contributed by atoms with van der Waals surface area (Å²) >= 11 is 1.60. The van der Waals surface area contributed by atoms with Crippen LogP contribution in [0.2, 0.25) is 0 Å². The van der Waals surface area contributed by atoms with Crippen LogP contribution in [0.15, 0.2) is 24.4 Å². The quantitative estimate of drug-likeness (QED) is 0.605.